The number of hydrogen-bond acceptors (Lipinski definition) is 2. The molecule has 0 aromatic heterocycles. The molecule has 2 unspecified atom stereocenters. The summed E-state index contributed by atoms with van der Waals surface area (Å²) in [6.45, 7) is 3.34. The Morgan fingerprint density at radius 3 is 2.81 bits per heavy atom. The molecule has 0 aromatic rings. The lowest BCUT2D eigenvalue weighted by Gasteiger charge is -2.47. The standard InChI is InChI=1S/C14H25NO/c1-2-3-7-12-13(16)8-6-10-14(12)9-4-5-11-15-14/h12,15H,2-11H2,1H3. The maximum absolute atomic E-state index is 12.1. The van der Waals surface area contributed by atoms with Gasteiger partial charge in [0.15, 0.2) is 0 Å². The van der Waals surface area contributed by atoms with Gasteiger partial charge in [-0.3, -0.25) is 4.79 Å². The molecule has 2 atom stereocenters. The molecule has 1 N–H and O–H groups in total. The molecule has 1 spiro atoms. The average molecular weight is 223 g/mol. The van der Waals surface area contributed by atoms with Gasteiger partial charge in [0.1, 0.15) is 5.78 Å². The van der Waals surface area contributed by atoms with E-state index in [1.54, 1.807) is 0 Å². The zero-order chi connectivity index (χ0) is 11.4. The highest BCUT2D eigenvalue weighted by atomic mass is 16.1. The lowest BCUT2D eigenvalue weighted by molar-refractivity contribution is -0.129. The molecule has 2 nitrogen and oxygen atoms in total. The highest BCUT2D eigenvalue weighted by Gasteiger charge is 2.44. The maximum atomic E-state index is 12.1. The van der Waals surface area contributed by atoms with Gasteiger partial charge in [-0.15, -0.1) is 0 Å². The largest absolute Gasteiger partial charge is 0.311 e. The molecule has 1 aliphatic carbocycles. The van der Waals surface area contributed by atoms with Crippen LogP contribution in [-0.4, -0.2) is 17.9 Å². The van der Waals surface area contributed by atoms with Crippen molar-refractivity contribution in [3.63, 3.8) is 0 Å². The first kappa shape index (κ1) is 12.1. The third kappa shape index (κ3) is 2.32. The fraction of sp³-hybridized carbons (Fsp3) is 0.929. The minimum atomic E-state index is 0.197. The van der Waals surface area contributed by atoms with E-state index in [2.05, 4.69) is 12.2 Å². The van der Waals surface area contributed by atoms with Crippen molar-refractivity contribution in [2.45, 2.75) is 70.3 Å². The SMILES string of the molecule is CCCCC1C(=O)CCCC12CCCCN2. The average Bonchev–Trinajstić information content (AvgIpc) is 2.30. The Morgan fingerprint density at radius 2 is 2.12 bits per heavy atom. The zero-order valence-corrected chi connectivity index (χ0v) is 10.6. The van der Waals surface area contributed by atoms with Gasteiger partial charge in [0, 0.05) is 17.9 Å². The Morgan fingerprint density at radius 1 is 1.31 bits per heavy atom. The van der Waals surface area contributed by atoms with Crippen LogP contribution >= 0.6 is 0 Å². The molecule has 16 heavy (non-hydrogen) atoms. The van der Waals surface area contributed by atoms with Gasteiger partial charge in [-0.25, -0.2) is 0 Å². The number of nitrogens with one attached hydrogen (secondary N) is 1. The topological polar surface area (TPSA) is 29.1 Å². The van der Waals surface area contributed by atoms with E-state index in [1.807, 2.05) is 0 Å². The molecule has 2 fully saturated rings. The molecule has 0 amide bonds. The lowest BCUT2D eigenvalue weighted by atomic mass is 9.66. The van der Waals surface area contributed by atoms with Crippen LogP contribution in [-0.2, 0) is 4.79 Å². The van der Waals surface area contributed by atoms with Crippen molar-refractivity contribution in [2.24, 2.45) is 5.92 Å². The number of hydrogen-bond donors (Lipinski definition) is 1. The van der Waals surface area contributed by atoms with Crippen molar-refractivity contribution in [2.75, 3.05) is 6.54 Å². The van der Waals surface area contributed by atoms with E-state index in [0.29, 0.717) is 11.7 Å². The number of unbranched alkanes of at least 4 members (excludes halogenated alkanes) is 1. The van der Waals surface area contributed by atoms with Gasteiger partial charge in [0.25, 0.3) is 0 Å². The molecule has 92 valence electrons. The van der Waals surface area contributed by atoms with Crippen molar-refractivity contribution in [3.05, 3.63) is 0 Å². The third-order valence-corrected chi connectivity index (χ3v) is 4.47. The Kier molecular flexibility index (Phi) is 4.01. The summed E-state index contributed by atoms with van der Waals surface area (Å²) >= 11 is 0. The molecule has 1 heterocycles. The summed E-state index contributed by atoms with van der Waals surface area (Å²) in [5, 5.41) is 3.70. The van der Waals surface area contributed by atoms with Crippen molar-refractivity contribution in [1.82, 2.24) is 5.32 Å². The van der Waals surface area contributed by atoms with Crippen LogP contribution in [0, 0.1) is 5.92 Å². The van der Waals surface area contributed by atoms with Crippen LogP contribution in [0.1, 0.15) is 64.7 Å². The summed E-state index contributed by atoms with van der Waals surface area (Å²) in [5.74, 6) is 0.857. The first-order valence-corrected chi connectivity index (χ1v) is 7.06. The minimum Gasteiger partial charge on any atom is -0.311 e. The smallest absolute Gasteiger partial charge is 0.137 e. The molecule has 0 radical (unpaired) electrons. The van der Waals surface area contributed by atoms with Gasteiger partial charge in [0.2, 0.25) is 0 Å². The maximum Gasteiger partial charge on any atom is 0.137 e. The van der Waals surface area contributed by atoms with Gasteiger partial charge < -0.3 is 5.32 Å². The van der Waals surface area contributed by atoms with Crippen LogP contribution in [0.3, 0.4) is 0 Å². The van der Waals surface area contributed by atoms with Gasteiger partial charge in [-0.1, -0.05) is 26.2 Å². The van der Waals surface area contributed by atoms with Gasteiger partial charge in [0.05, 0.1) is 0 Å². The Balaban J connectivity index is 2.08. The molecule has 1 aliphatic heterocycles. The molecule has 0 aromatic carbocycles. The van der Waals surface area contributed by atoms with Crippen LogP contribution in [0.4, 0.5) is 0 Å². The first-order chi connectivity index (χ1) is 7.78. The molecule has 2 heteroatoms. The normalized spacial score (nSPS) is 35.6. The summed E-state index contributed by atoms with van der Waals surface area (Å²) < 4.78 is 0. The van der Waals surface area contributed by atoms with E-state index < -0.39 is 0 Å². The number of piperidine rings is 1. The number of ketones is 1. The molecular weight excluding hydrogens is 198 g/mol. The number of carbonyl (C=O) groups excluding carboxylic acids is 1. The van der Waals surface area contributed by atoms with E-state index in [-0.39, 0.29) is 5.54 Å². The second-order valence-electron chi connectivity index (χ2n) is 5.55. The quantitative estimate of drug-likeness (QED) is 0.796. The number of rotatable bonds is 3. The minimum absolute atomic E-state index is 0.197. The van der Waals surface area contributed by atoms with Crippen molar-refractivity contribution < 1.29 is 4.79 Å². The predicted molar refractivity (Wildman–Crippen MR) is 66.5 cm³/mol. The summed E-state index contributed by atoms with van der Waals surface area (Å²) in [5.41, 5.74) is 0.197. The molecule has 2 aliphatic rings. The fourth-order valence-electron chi connectivity index (χ4n) is 3.58. The van der Waals surface area contributed by atoms with E-state index >= 15 is 0 Å². The third-order valence-electron chi connectivity index (χ3n) is 4.47. The summed E-state index contributed by atoms with van der Waals surface area (Å²) in [6, 6.07) is 0. The fourth-order valence-corrected chi connectivity index (χ4v) is 3.58. The van der Waals surface area contributed by atoms with Crippen molar-refractivity contribution >= 4 is 5.78 Å². The monoisotopic (exact) mass is 223 g/mol. The van der Waals surface area contributed by atoms with Gasteiger partial charge >= 0.3 is 0 Å². The molecule has 1 saturated carbocycles. The van der Waals surface area contributed by atoms with Crippen LogP contribution in [0.2, 0.25) is 0 Å². The van der Waals surface area contributed by atoms with Crippen molar-refractivity contribution in [3.8, 4) is 0 Å². The Labute approximate surface area is 99.2 Å². The van der Waals surface area contributed by atoms with Crippen LogP contribution in [0.5, 0.6) is 0 Å². The van der Waals surface area contributed by atoms with E-state index in [4.69, 9.17) is 0 Å². The highest BCUT2D eigenvalue weighted by molar-refractivity contribution is 5.83. The van der Waals surface area contributed by atoms with Gasteiger partial charge in [-0.2, -0.15) is 0 Å². The zero-order valence-electron chi connectivity index (χ0n) is 10.6. The van der Waals surface area contributed by atoms with Crippen LogP contribution in [0.15, 0.2) is 0 Å². The molecule has 1 saturated heterocycles. The summed E-state index contributed by atoms with van der Waals surface area (Å²) in [7, 11) is 0. The Hall–Kier alpha value is -0.370. The second kappa shape index (κ2) is 5.31. The lowest BCUT2D eigenvalue weighted by Crippen LogP contribution is -2.58. The molecule has 0 bridgehead atoms. The van der Waals surface area contributed by atoms with E-state index in [1.165, 1.54) is 38.5 Å². The number of carbonyl (C=O) groups is 1. The first-order valence-electron chi connectivity index (χ1n) is 7.06. The second-order valence-corrected chi connectivity index (χ2v) is 5.55. The van der Waals surface area contributed by atoms with Crippen LogP contribution in [0.25, 0.3) is 0 Å². The van der Waals surface area contributed by atoms with Crippen molar-refractivity contribution in [1.29, 1.82) is 0 Å². The van der Waals surface area contributed by atoms with Crippen LogP contribution < -0.4 is 5.32 Å². The van der Waals surface area contributed by atoms with Gasteiger partial charge in [-0.05, 0) is 38.6 Å². The predicted octanol–water partition coefficient (Wildman–Crippen LogP) is 3.06. The molecule has 2 rings (SSSR count). The summed E-state index contributed by atoms with van der Waals surface area (Å²) in [6.07, 6.45) is 10.5. The summed E-state index contributed by atoms with van der Waals surface area (Å²) in [4.78, 5) is 12.1. The van der Waals surface area contributed by atoms with E-state index in [9.17, 15) is 4.79 Å². The Bertz CT molecular complexity index is 238. The highest BCUT2D eigenvalue weighted by Crippen LogP contribution is 2.39. The molecular formula is C14H25NO. The number of Topliss-reactive ketones (excluding diaryl/α,β-unsaturated/α-hetero) is 1. The van der Waals surface area contributed by atoms with E-state index in [0.717, 1.165) is 25.8 Å².